The van der Waals surface area contributed by atoms with Gasteiger partial charge in [-0.3, -0.25) is 0 Å². The molecule has 0 amide bonds. The largest absolute Gasteiger partial charge is 0.409 e. The van der Waals surface area contributed by atoms with Crippen molar-refractivity contribution in [2.24, 2.45) is 16.0 Å². The molecule has 136 valence electrons. The highest BCUT2D eigenvalue weighted by Gasteiger charge is 2.22. The van der Waals surface area contributed by atoms with Gasteiger partial charge in [-0.1, -0.05) is 47.1 Å². The summed E-state index contributed by atoms with van der Waals surface area (Å²) in [6.45, 7) is 0. The van der Waals surface area contributed by atoms with Crippen molar-refractivity contribution in [1.82, 2.24) is 9.66 Å². The lowest BCUT2D eigenvalue weighted by atomic mass is 10.0. The molecule has 0 fully saturated rings. The number of imidazole rings is 1. The summed E-state index contributed by atoms with van der Waals surface area (Å²) < 4.78 is 1.57. The minimum Gasteiger partial charge on any atom is -0.409 e. The van der Waals surface area contributed by atoms with Crippen LogP contribution < -0.4 is 11.5 Å². The Morgan fingerprint density at radius 1 is 1.15 bits per heavy atom. The molecular formula is C19H17ClN6O. The van der Waals surface area contributed by atoms with Crippen LogP contribution in [0.4, 0.5) is 5.95 Å². The summed E-state index contributed by atoms with van der Waals surface area (Å²) in [7, 11) is 0. The fourth-order valence-electron chi connectivity index (χ4n) is 3.26. The van der Waals surface area contributed by atoms with Gasteiger partial charge in [0.1, 0.15) is 0 Å². The number of fused-ring (bicyclic) bond motifs is 1. The third-order valence-corrected chi connectivity index (χ3v) is 4.82. The predicted octanol–water partition coefficient (Wildman–Crippen LogP) is 3.08. The first-order valence-electron chi connectivity index (χ1n) is 8.35. The number of nitrogens with two attached hydrogens (primary N) is 2. The van der Waals surface area contributed by atoms with E-state index in [1.54, 1.807) is 23.0 Å². The average Bonchev–Trinajstić information content (AvgIpc) is 3.26. The highest BCUT2D eigenvalue weighted by Crippen LogP contribution is 2.27. The molecule has 5 N–H and O–H groups in total. The van der Waals surface area contributed by atoms with E-state index in [4.69, 9.17) is 28.3 Å². The number of amidine groups is 1. The molecule has 1 aliphatic rings. The van der Waals surface area contributed by atoms with Gasteiger partial charge >= 0.3 is 0 Å². The molecule has 1 heterocycles. The normalized spacial score (nSPS) is 15.3. The second-order valence-electron chi connectivity index (χ2n) is 6.20. The van der Waals surface area contributed by atoms with Gasteiger partial charge in [-0.2, -0.15) is 5.10 Å². The van der Waals surface area contributed by atoms with Gasteiger partial charge in [0.25, 0.3) is 0 Å². The maximum absolute atomic E-state index is 8.98. The molecule has 8 heteroatoms. The van der Waals surface area contributed by atoms with Crippen LogP contribution in [-0.4, -0.2) is 26.4 Å². The van der Waals surface area contributed by atoms with E-state index in [-0.39, 0.29) is 5.84 Å². The zero-order valence-electron chi connectivity index (χ0n) is 14.3. The first kappa shape index (κ1) is 17.1. The Bertz CT molecular complexity index is 1070. The van der Waals surface area contributed by atoms with Crippen molar-refractivity contribution in [2.75, 3.05) is 5.73 Å². The van der Waals surface area contributed by atoms with E-state index in [1.165, 1.54) is 0 Å². The molecule has 2 aromatic carbocycles. The van der Waals surface area contributed by atoms with Gasteiger partial charge in [-0.25, -0.2) is 9.66 Å². The molecule has 1 aliphatic carbocycles. The van der Waals surface area contributed by atoms with Crippen molar-refractivity contribution >= 4 is 29.1 Å². The van der Waals surface area contributed by atoms with Crippen LogP contribution in [-0.2, 0) is 6.42 Å². The Morgan fingerprint density at radius 2 is 1.93 bits per heavy atom. The Hall–Kier alpha value is -3.32. The van der Waals surface area contributed by atoms with Crippen molar-refractivity contribution in [3.63, 3.8) is 0 Å². The topological polar surface area (TPSA) is 115 Å². The summed E-state index contributed by atoms with van der Waals surface area (Å²) in [4.78, 5) is 4.39. The number of oxime groups is 1. The van der Waals surface area contributed by atoms with E-state index >= 15 is 0 Å². The monoisotopic (exact) mass is 380 g/mol. The van der Waals surface area contributed by atoms with E-state index in [2.05, 4.69) is 15.2 Å². The zero-order valence-corrected chi connectivity index (χ0v) is 15.1. The van der Waals surface area contributed by atoms with Crippen molar-refractivity contribution < 1.29 is 5.21 Å². The van der Waals surface area contributed by atoms with Crippen LogP contribution in [0, 0.1) is 0 Å². The molecule has 0 bridgehead atoms. The van der Waals surface area contributed by atoms with Crippen LogP contribution in [0.3, 0.4) is 0 Å². The minimum atomic E-state index is 0.0975. The Kier molecular flexibility index (Phi) is 4.29. The summed E-state index contributed by atoms with van der Waals surface area (Å²) in [5.41, 5.74) is 17.1. The van der Waals surface area contributed by atoms with Gasteiger partial charge in [0.05, 0.1) is 17.6 Å². The summed E-state index contributed by atoms with van der Waals surface area (Å²) in [5, 5.41) is 17.4. The average molecular weight is 381 g/mol. The van der Waals surface area contributed by atoms with Crippen LogP contribution in [0.25, 0.3) is 11.3 Å². The summed E-state index contributed by atoms with van der Waals surface area (Å²) in [6, 6.07) is 13.1. The SMILES string of the molecule is NC(=NO)c1cccc2c1CC/C2=N\n1cc(-c2ccc(Cl)cc2)nc1N. The van der Waals surface area contributed by atoms with E-state index in [0.717, 1.165) is 46.5 Å². The van der Waals surface area contributed by atoms with Crippen LogP contribution in [0.2, 0.25) is 5.02 Å². The van der Waals surface area contributed by atoms with Crippen LogP contribution >= 0.6 is 11.6 Å². The maximum Gasteiger partial charge on any atom is 0.221 e. The first-order valence-corrected chi connectivity index (χ1v) is 8.73. The quantitative estimate of drug-likeness (QED) is 0.280. The molecule has 27 heavy (non-hydrogen) atoms. The molecule has 0 aliphatic heterocycles. The lowest BCUT2D eigenvalue weighted by Gasteiger charge is -2.06. The number of nitrogens with zero attached hydrogens (tertiary/aromatic N) is 4. The minimum absolute atomic E-state index is 0.0975. The van der Waals surface area contributed by atoms with Crippen molar-refractivity contribution in [3.8, 4) is 11.3 Å². The van der Waals surface area contributed by atoms with Crippen LogP contribution in [0.5, 0.6) is 0 Å². The third-order valence-electron chi connectivity index (χ3n) is 4.57. The van der Waals surface area contributed by atoms with Crippen molar-refractivity contribution in [1.29, 1.82) is 0 Å². The Labute approximate surface area is 160 Å². The Balaban J connectivity index is 1.72. The number of anilines is 1. The molecule has 1 aromatic heterocycles. The molecule has 0 unspecified atom stereocenters. The van der Waals surface area contributed by atoms with Gasteiger partial charge < -0.3 is 16.7 Å². The lowest BCUT2D eigenvalue weighted by molar-refractivity contribution is 0.318. The van der Waals surface area contributed by atoms with E-state index in [1.807, 2.05) is 30.3 Å². The number of aromatic nitrogens is 2. The van der Waals surface area contributed by atoms with Gasteiger partial charge in [0.15, 0.2) is 5.84 Å². The fraction of sp³-hybridized carbons (Fsp3) is 0.105. The predicted molar refractivity (Wildman–Crippen MR) is 106 cm³/mol. The van der Waals surface area contributed by atoms with Gasteiger partial charge in [-0.15, -0.1) is 0 Å². The summed E-state index contributed by atoms with van der Waals surface area (Å²) in [6.07, 6.45) is 3.29. The lowest BCUT2D eigenvalue weighted by Crippen LogP contribution is -2.15. The Morgan fingerprint density at radius 3 is 2.67 bits per heavy atom. The van der Waals surface area contributed by atoms with E-state index < -0.39 is 0 Å². The second-order valence-corrected chi connectivity index (χ2v) is 6.64. The van der Waals surface area contributed by atoms with Gasteiger partial charge in [-0.05, 0) is 30.5 Å². The second kappa shape index (κ2) is 6.77. The van der Waals surface area contributed by atoms with Gasteiger partial charge in [0, 0.05) is 21.7 Å². The maximum atomic E-state index is 8.98. The van der Waals surface area contributed by atoms with E-state index in [9.17, 15) is 0 Å². The van der Waals surface area contributed by atoms with E-state index in [0.29, 0.717) is 11.0 Å². The van der Waals surface area contributed by atoms with Crippen LogP contribution in [0.1, 0.15) is 23.1 Å². The number of hydrogen-bond donors (Lipinski definition) is 3. The fourth-order valence-corrected chi connectivity index (χ4v) is 3.38. The molecule has 0 saturated heterocycles. The molecular weight excluding hydrogens is 364 g/mol. The van der Waals surface area contributed by atoms with Gasteiger partial charge in [0.2, 0.25) is 5.95 Å². The van der Waals surface area contributed by atoms with Crippen molar-refractivity contribution in [3.05, 3.63) is 70.4 Å². The number of nitrogen functional groups attached to an aromatic ring is 1. The molecule has 0 radical (unpaired) electrons. The third kappa shape index (κ3) is 3.13. The van der Waals surface area contributed by atoms with Crippen LogP contribution in [0.15, 0.2) is 58.9 Å². The number of hydrogen-bond acceptors (Lipinski definition) is 5. The molecule has 0 atom stereocenters. The summed E-state index contributed by atoms with van der Waals surface area (Å²) >= 11 is 5.94. The molecule has 3 aromatic rings. The smallest absolute Gasteiger partial charge is 0.221 e. The molecule has 4 rings (SSSR count). The molecule has 7 nitrogen and oxygen atoms in total. The zero-order chi connectivity index (χ0) is 19.0. The number of rotatable bonds is 3. The molecule has 0 saturated carbocycles. The molecule has 0 spiro atoms. The van der Waals surface area contributed by atoms with Crippen molar-refractivity contribution in [2.45, 2.75) is 12.8 Å². The number of benzene rings is 2. The highest BCUT2D eigenvalue weighted by molar-refractivity contribution is 6.30. The summed E-state index contributed by atoms with van der Waals surface area (Å²) in [5.74, 6) is 0.397. The standard InChI is InChI=1S/C19H17ClN6O/c20-12-6-4-11(5-7-12)17-10-26(19(22)23-17)24-16-9-8-13-14(16)2-1-3-15(13)18(21)25-27/h1-7,10,27H,8-9H2,(H2,21,25)(H2,22,23)/b24-16+. The highest BCUT2D eigenvalue weighted by atomic mass is 35.5. The number of halogens is 1. The first-order chi connectivity index (χ1) is 13.1.